The molecule has 0 radical (unpaired) electrons. The van der Waals surface area contributed by atoms with Crippen molar-refractivity contribution in [2.24, 2.45) is 0 Å². The molecule has 0 unspecified atom stereocenters. The van der Waals surface area contributed by atoms with Gasteiger partial charge in [0, 0.05) is 35.4 Å². The van der Waals surface area contributed by atoms with E-state index in [0.717, 1.165) is 58.5 Å². The van der Waals surface area contributed by atoms with E-state index in [2.05, 4.69) is 32.2 Å². The normalized spacial score (nSPS) is 14.2. The number of ether oxygens (including phenoxy) is 3. The van der Waals surface area contributed by atoms with Gasteiger partial charge in [-0.2, -0.15) is 0 Å². The summed E-state index contributed by atoms with van der Waals surface area (Å²) in [6, 6.07) is 9.94. The summed E-state index contributed by atoms with van der Waals surface area (Å²) >= 11 is 10.0. The second-order valence-corrected chi connectivity index (χ2v) is 7.24. The van der Waals surface area contributed by atoms with Crippen LogP contribution < -0.4 is 19.7 Å². The molecular formula is C19H22BrClN2O3. The zero-order valence-electron chi connectivity index (χ0n) is 14.9. The summed E-state index contributed by atoms with van der Waals surface area (Å²) in [6.07, 6.45) is 0. The first-order valence-electron chi connectivity index (χ1n) is 8.39. The summed E-state index contributed by atoms with van der Waals surface area (Å²) in [5.74, 6) is 1.42. The van der Waals surface area contributed by atoms with Gasteiger partial charge in [-0.3, -0.25) is 0 Å². The van der Waals surface area contributed by atoms with Crippen LogP contribution in [0.25, 0.3) is 0 Å². The van der Waals surface area contributed by atoms with Gasteiger partial charge in [0.2, 0.25) is 0 Å². The second kappa shape index (κ2) is 8.84. The molecule has 0 aromatic heterocycles. The van der Waals surface area contributed by atoms with Crippen LogP contribution in [0.5, 0.6) is 11.5 Å². The summed E-state index contributed by atoms with van der Waals surface area (Å²) in [5.41, 5.74) is 2.99. The molecule has 26 heavy (non-hydrogen) atoms. The third kappa shape index (κ3) is 4.37. The van der Waals surface area contributed by atoms with E-state index in [1.807, 2.05) is 24.3 Å². The van der Waals surface area contributed by atoms with Gasteiger partial charge in [-0.1, -0.05) is 27.5 Å². The van der Waals surface area contributed by atoms with Crippen LogP contribution >= 0.6 is 27.5 Å². The van der Waals surface area contributed by atoms with Gasteiger partial charge in [-0.25, -0.2) is 0 Å². The number of methoxy groups -OCH3 is 2. The highest BCUT2D eigenvalue weighted by atomic mass is 79.9. The fraction of sp³-hybridized carbons (Fsp3) is 0.368. The van der Waals surface area contributed by atoms with E-state index in [1.54, 1.807) is 14.2 Å². The van der Waals surface area contributed by atoms with Crippen molar-refractivity contribution in [3.8, 4) is 11.5 Å². The van der Waals surface area contributed by atoms with Gasteiger partial charge >= 0.3 is 0 Å². The summed E-state index contributed by atoms with van der Waals surface area (Å²) in [7, 11) is 3.27. The highest BCUT2D eigenvalue weighted by molar-refractivity contribution is 9.10. The van der Waals surface area contributed by atoms with Crippen molar-refractivity contribution in [3.05, 3.63) is 45.4 Å². The van der Waals surface area contributed by atoms with Crippen molar-refractivity contribution in [3.63, 3.8) is 0 Å². The number of rotatable bonds is 6. The minimum absolute atomic E-state index is 0.589. The molecule has 1 aliphatic rings. The lowest BCUT2D eigenvalue weighted by molar-refractivity contribution is 0.122. The number of halogens is 2. The zero-order chi connectivity index (χ0) is 18.5. The van der Waals surface area contributed by atoms with E-state index in [-0.39, 0.29) is 0 Å². The number of benzene rings is 2. The lowest BCUT2D eigenvalue weighted by Gasteiger charge is -2.29. The Hall–Kier alpha value is -1.63. The van der Waals surface area contributed by atoms with E-state index >= 15 is 0 Å². The number of nitrogens with zero attached hydrogens (tertiary/aromatic N) is 1. The molecule has 1 saturated heterocycles. The van der Waals surface area contributed by atoms with Crippen molar-refractivity contribution in [1.29, 1.82) is 0 Å². The highest BCUT2D eigenvalue weighted by Gasteiger charge is 2.15. The molecule has 140 valence electrons. The van der Waals surface area contributed by atoms with Gasteiger partial charge in [0.05, 0.1) is 38.1 Å². The van der Waals surface area contributed by atoms with Gasteiger partial charge in [0.15, 0.2) is 11.5 Å². The molecule has 1 heterocycles. The van der Waals surface area contributed by atoms with E-state index in [1.165, 1.54) is 0 Å². The van der Waals surface area contributed by atoms with Crippen LogP contribution in [0.2, 0.25) is 5.02 Å². The van der Waals surface area contributed by atoms with Crippen LogP contribution in [0.15, 0.2) is 34.8 Å². The maximum absolute atomic E-state index is 6.50. The monoisotopic (exact) mass is 440 g/mol. The third-order valence-corrected chi connectivity index (χ3v) is 5.06. The van der Waals surface area contributed by atoms with Crippen molar-refractivity contribution < 1.29 is 14.2 Å². The lowest BCUT2D eigenvalue weighted by atomic mass is 10.1. The molecular weight excluding hydrogens is 420 g/mol. The fourth-order valence-corrected chi connectivity index (χ4v) is 3.80. The van der Waals surface area contributed by atoms with E-state index in [9.17, 15) is 0 Å². The molecule has 0 saturated carbocycles. The van der Waals surface area contributed by atoms with Crippen molar-refractivity contribution in [1.82, 2.24) is 0 Å². The van der Waals surface area contributed by atoms with Crippen molar-refractivity contribution >= 4 is 38.9 Å². The second-order valence-electron chi connectivity index (χ2n) is 5.92. The molecule has 1 fully saturated rings. The first-order chi connectivity index (χ1) is 12.6. The van der Waals surface area contributed by atoms with Crippen LogP contribution in [0.3, 0.4) is 0 Å². The Morgan fingerprint density at radius 3 is 2.58 bits per heavy atom. The predicted molar refractivity (Wildman–Crippen MR) is 109 cm³/mol. The molecule has 0 bridgehead atoms. The molecule has 3 rings (SSSR count). The molecule has 2 aromatic rings. The number of anilines is 2. The Morgan fingerprint density at radius 1 is 1.15 bits per heavy atom. The average molecular weight is 442 g/mol. The maximum Gasteiger partial charge on any atom is 0.165 e. The molecule has 1 N–H and O–H groups in total. The lowest BCUT2D eigenvalue weighted by Crippen LogP contribution is -2.36. The summed E-state index contributed by atoms with van der Waals surface area (Å²) in [4.78, 5) is 2.25. The molecule has 0 spiro atoms. The Morgan fingerprint density at radius 2 is 1.92 bits per heavy atom. The van der Waals surface area contributed by atoms with E-state index in [0.29, 0.717) is 12.3 Å². The quantitative estimate of drug-likeness (QED) is 0.711. The number of nitrogens with one attached hydrogen (secondary N) is 1. The first-order valence-corrected chi connectivity index (χ1v) is 9.56. The molecule has 0 aliphatic carbocycles. The molecule has 2 aromatic carbocycles. The Bertz CT molecular complexity index is 767. The van der Waals surface area contributed by atoms with Crippen LogP contribution in [0.1, 0.15) is 5.56 Å². The van der Waals surface area contributed by atoms with Gasteiger partial charge in [0.1, 0.15) is 0 Å². The minimum atomic E-state index is 0.589. The number of morpholine rings is 1. The smallest absolute Gasteiger partial charge is 0.165 e. The van der Waals surface area contributed by atoms with Crippen LogP contribution in [-0.4, -0.2) is 40.5 Å². The summed E-state index contributed by atoms with van der Waals surface area (Å²) in [5, 5.41) is 4.13. The van der Waals surface area contributed by atoms with Crippen LogP contribution in [0.4, 0.5) is 11.4 Å². The average Bonchev–Trinajstić information content (AvgIpc) is 2.66. The molecule has 7 heteroatoms. The van der Waals surface area contributed by atoms with Crippen LogP contribution in [0, 0.1) is 0 Å². The van der Waals surface area contributed by atoms with E-state index in [4.69, 9.17) is 25.8 Å². The van der Waals surface area contributed by atoms with Gasteiger partial charge in [-0.15, -0.1) is 0 Å². The molecule has 1 aliphatic heterocycles. The molecule has 5 nitrogen and oxygen atoms in total. The summed E-state index contributed by atoms with van der Waals surface area (Å²) < 4.78 is 17.2. The SMILES string of the molecule is COc1cc(Br)cc(CNc2ccc(N3CCOCC3)c(Cl)c2)c1OC. The Kier molecular flexibility index (Phi) is 6.51. The topological polar surface area (TPSA) is 43.0 Å². The molecule has 0 amide bonds. The summed E-state index contributed by atoms with van der Waals surface area (Å²) in [6.45, 7) is 3.79. The third-order valence-electron chi connectivity index (χ3n) is 4.30. The Balaban J connectivity index is 1.74. The van der Waals surface area contributed by atoms with E-state index < -0.39 is 0 Å². The minimum Gasteiger partial charge on any atom is -0.493 e. The fourth-order valence-electron chi connectivity index (χ4n) is 3.01. The largest absolute Gasteiger partial charge is 0.493 e. The van der Waals surface area contributed by atoms with Gasteiger partial charge in [0.25, 0.3) is 0 Å². The first kappa shape index (κ1) is 19.1. The van der Waals surface area contributed by atoms with Crippen molar-refractivity contribution in [2.45, 2.75) is 6.54 Å². The predicted octanol–water partition coefficient (Wildman–Crippen LogP) is 4.57. The van der Waals surface area contributed by atoms with Gasteiger partial charge < -0.3 is 24.4 Å². The maximum atomic E-state index is 6.50. The Labute approximate surface area is 167 Å². The standard InChI is InChI=1S/C19H22BrClN2O3/c1-24-18-10-14(20)9-13(19(18)25-2)12-22-15-3-4-17(16(21)11-15)23-5-7-26-8-6-23/h3-4,9-11,22H,5-8,12H2,1-2H3. The zero-order valence-corrected chi connectivity index (χ0v) is 17.2. The van der Waals surface area contributed by atoms with Gasteiger partial charge in [-0.05, 0) is 30.3 Å². The van der Waals surface area contributed by atoms with Crippen molar-refractivity contribution in [2.75, 3.05) is 50.7 Å². The number of hydrogen-bond donors (Lipinski definition) is 1. The molecule has 0 atom stereocenters. The van der Waals surface area contributed by atoms with Crippen LogP contribution in [-0.2, 0) is 11.3 Å². The number of hydrogen-bond acceptors (Lipinski definition) is 5. The highest BCUT2D eigenvalue weighted by Crippen LogP contribution is 2.35.